The summed E-state index contributed by atoms with van der Waals surface area (Å²) in [5, 5.41) is 24.0. The Bertz CT molecular complexity index is 399. The summed E-state index contributed by atoms with van der Waals surface area (Å²) in [6.45, 7) is 6.07. The van der Waals surface area contributed by atoms with Crippen molar-refractivity contribution >= 4 is 11.9 Å². The second-order valence-corrected chi connectivity index (χ2v) is 4.56. The maximum absolute atomic E-state index is 9.07. The van der Waals surface area contributed by atoms with Crippen LogP contribution < -0.4 is 15.4 Å². The standard InChI is InChI=1S/C12H23N5O3/c1-4-5-13-10-15-11(14-9(6-18)7-19)17-12(16-10)20-8(2)3/h8-9,18-19H,4-7H2,1-3H3,(H2,13,14,15,16,17). The number of aliphatic hydroxyl groups excluding tert-OH is 2. The van der Waals surface area contributed by atoms with Gasteiger partial charge in [0.15, 0.2) is 0 Å². The van der Waals surface area contributed by atoms with E-state index in [-0.39, 0.29) is 31.3 Å². The molecule has 0 aromatic carbocycles. The lowest BCUT2D eigenvalue weighted by atomic mass is 10.3. The quantitative estimate of drug-likeness (QED) is 0.510. The van der Waals surface area contributed by atoms with Crippen molar-refractivity contribution in [3.05, 3.63) is 0 Å². The van der Waals surface area contributed by atoms with Gasteiger partial charge >= 0.3 is 6.01 Å². The number of hydrogen-bond acceptors (Lipinski definition) is 8. The molecule has 0 radical (unpaired) electrons. The second kappa shape index (κ2) is 8.49. The Labute approximate surface area is 118 Å². The molecule has 0 aliphatic heterocycles. The van der Waals surface area contributed by atoms with E-state index in [0.29, 0.717) is 5.95 Å². The SMILES string of the molecule is CCCNc1nc(NC(CO)CO)nc(OC(C)C)n1. The topological polar surface area (TPSA) is 112 Å². The molecule has 1 rings (SSSR count). The van der Waals surface area contributed by atoms with Crippen LogP contribution in [-0.4, -0.2) is 57.1 Å². The number of nitrogens with one attached hydrogen (secondary N) is 2. The predicted molar refractivity (Wildman–Crippen MR) is 76.0 cm³/mol. The monoisotopic (exact) mass is 285 g/mol. The Morgan fingerprint density at radius 2 is 1.75 bits per heavy atom. The molecule has 8 heteroatoms. The highest BCUT2D eigenvalue weighted by Gasteiger charge is 2.12. The van der Waals surface area contributed by atoms with Crippen LogP contribution in [0.5, 0.6) is 6.01 Å². The van der Waals surface area contributed by atoms with Crippen molar-refractivity contribution in [3.8, 4) is 6.01 Å². The van der Waals surface area contributed by atoms with Crippen molar-refractivity contribution in [1.82, 2.24) is 15.0 Å². The lowest BCUT2D eigenvalue weighted by Gasteiger charge is -2.15. The summed E-state index contributed by atoms with van der Waals surface area (Å²) in [6, 6.07) is -0.325. The van der Waals surface area contributed by atoms with E-state index in [1.165, 1.54) is 0 Å². The van der Waals surface area contributed by atoms with Crippen molar-refractivity contribution < 1.29 is 14.9 Å². The zero-order chi connectivity index (χ0) is 15.0. The van der Waals surface area contributed by atoms with E-state index in [1.807, 2.05) is 20.8 Å². The minimum atomic E-state index is -0.525. The van der Waals surface area contributed by atoms with Crippen LogP contribution in [0.15, 0.2) is 0 Å². The molecule has 1 aromatic heterocycles. The Hall–Kier alpha value is -1.67. The van der Waals surface area contributed by atoms with Gasteiger partial charge in [-0.3, -0.25) is 0 Å². The highest BCUT2D eigenvalue weighted by Crippen LogP contribution is 2.13. The highest BCUT2D eigenvalue weighted by molar-refractivity contribution is 5.36. The van der Waals surface area contributed by atoms with E-state index in [9.17, 15) is 0 Å². The van der Waals surface area contributed by atoms with E-state index in [0.717, 1.165) is 13.0 Å². The molecule has 1 heterocycles. The summed E-state index contributed by atoms with van der Waals surface area (Å²) in [7, 11) is 0. The van der Waals surface area contributed by atoms with Gasteiger partial charge in [-0.2, -0.15) is 15.0 Å². The van der Waals surface area contributed by atoms with Gasteiger partial charge in [0.1, 0.15) is 0 Å². The van der Waals surface area contributed by atoms with Crippen LogP contribution in [0.3, 0.4) is 0 Å². The van der Waals surface area contributed by atoms with Crippen molar-refractivity contribution in [2.45, 2.75) is 39.3 Å². The van der Waals surface area contributed by atoms with Crippen LogP contribution in [0.2, 0.25) is 0 Å². The maximum Gasteiger partial charge on any atom is 0.323 e. The first-order valence-electron chi connectivity index (χ1n) is 6.73. The van der Waals surface area contributed by atoms with E-state index in [4.69, 9.17) is 14.9 Å². The van der Waals surface area contributed by atoms with Crippen molar-refractivity contribution in [2.75, 3.05) is 30.4 Å². The molecule has 114 valence electrons. The largest absolute Gasteiger partial charge is 0.461 e. The number of aromatic nitrogens is 3. The van der Waals surface area contributed by atoms with Crippen molar-refractivity contribution in [3.63, 3.8) is 0 Å². The minimum absolute atomic E-state index is 0.0595. The van der Waals surface area contributed by atoms with Crippen LogP contribution in [0.1, 0.15) is 27.2 Å². The molecular weight excluding hydrogens is 262 g/mol. The number of rotatable bonds is 9. The van der Waals surface area contributed by atoms with Gasteiger partial charge in [0.05, 0.1) is 25.4 Å². The number of aliphatic hydroxyl groups is 2. The third-order valence-electron chi connectivity index (χ3n) is 2.26. The lowest BCUT2D eigenvalue weighted by Crippen LogP contribution is -2.29. The highest BCUT2D eigenvalue weighted by atomic mass is 16.5. The number of ether oxygens (including phenoxy) is 1. The molecule has 0 saturated carbocycles. The van der Waals surface area contributed by atoms with E-state index in [2.05, 4.69) is 25.6 Å². The summed E-state index contributed by atoms with van der Waals surface area (Å²) >= 11 is 0. The van der Waals surface area contributed by atoms with Crippen LogP contribution in [0.25, 0.3) is 0 Å². The van der Waals surface area contributed by atoms with E-state index >= 15 is 0 Å². The minimum Gasteiger partial charge on any atom is -0.461 e. The number of hydrogen-bond donors (Lipinski definition) is 4. The van der Waals surface area contributed by atoms with Crippen LogP contribution in [-0.2, 0) is 0 Å². The van der Waals surface area contributed by atoms with Gasteiger partial charge in [0.25, 0.3) is 0 Å². The summed E-state index contributed by atoms with van der Waals surface area (Å²) in [4.78, 5) is 12.4. The summed E-state index contributed by atoms with van der Waals surface area (Å²) in [6.07, 6.45) is 0.876. The fourth-order valence-corrected chi connectivity index (χ4v) is 1.33. The summed E-state index contributed by atoms with van der Waals surface area (Å²) in [5.74, 6) is 0.650. The zero-order valence-corrected chi connectivity index (χ0v) is 12.1. The molecule has 0 fully saturated rings. The average Bonchev–Trinajstić information content (AvgIpc) is 2.41. The predicted octanol–water partition coefficient (Wildman–Crippen LogP) is 0.246. The first kappa shape index (κ1) is 16.4. The Balaban J connectivity index is 2.89. The molecule has 0 saturated heterocycles. The molecule has 0 aliphatic carbocycles. The fraction of sp³-hybridized carbons (Fsp3) is 0.750. The summed E-state index contributed by atoms with van der Waals surface area (Å²) < 4.78 is 5.46. The van der Waals surface area contributed by atoms with Gasteiger partial charge in [-0.05, 0) is 20.3 Å². The molecular formula is C12H23N5O3. The Morgan fingerprint density at radius 1 is 1.10 bits per heavy atom. The molecule has 0 atom stereocenters. The fourth-order valence-electron chi connectivity index (χ4n) is 1.33. The van der Waals surface area contributed by atoms with E-state index in [1.54, 1.807) is 0 Å². The van der Waals surface area contributed by atoms with Gasteiger partial charge in [-0.15, -0.1) is 0 Å². The third-order valence-corrected chi connectivity index (χ3v) is 2.26. The average molecular weight is 285 g/mol. The molecule has 20 heavy (non-hydrogen) atoms. The lowest BCUT2D eigenvalue weighted by molar-refractivity contribution is 0.202. The molecule has 0 amide bonds. The van der Waals surface area contributed by atoms with Gasteiger partial charge in [0, 0.05) is 6.54 Å². The van der Waals surface area contributed by atoms with Crippen LogP contribution in [0, 0.1) is 0 Å². The van der Waals surface area contributed by atoms with Gasteiger partial charge in [0.2, 0.25) is 11.9 Å². The maximum atomic E-state index is 9.07. The molecule has 1 aromatic rings. The van der Waals surface area contributed by atoms with Crippen LogP contribution in [0.4, 0.5) is 11.9 Å². The molecule has 0 bridgehead atoms. The van der Waals surface area contributed by atoms with Crippen LogP contribution >= 0.6 is 0 Å². The second-order valence-electron chi connectivity index (χ2n) is 4.56. The van der Waals surface area contributed by atoms with Gasteiger partial charge in [-0.1, -0.05) is 6.92 Å². The first-order valence-corrected chi connectivity index (χ1v) is 6.73. The van der Waals surface area contributed by atoms with Crippen molar-refractivity contribution in [1.29, 1.82) is 0 Å². The van der Waals surface area contributed by atoms with Gasteiger partial charge < -0.3 is 25.6 Å². The third kappa shape index (κ3) is 5.54. The van der Waals surface area contributed by atoms with Gasteiger partial charge in [-0.25, -0.2) is 0 Å². The number of nitrogens with zero attached hydrogens (tertiary/aromatic N) is 3. The molecule has 0 unspecified atom stereocenters. The molecule has 0 aliphatic rings. The van der Waals surface area contributed by atoms with Crippen molar-refractivity contribution in [2.24, 2.45) is 0 Å². The zero-order valence-electron chi connectivity index (χ0n) is 12.1. The van der Waals surface area contributed by atoms with E-state index < -0.39 is 6.04 Å². The smallest absolute Gasteiger partial charge is 0.323 e. The Morgan fingerprint density at radius 3 is 2.30 bits per heavy atom. The summed E-state index contributed by atoms with van der Waals surface area (Å²) in [5.41, 5.74) is 0. The number of anilines is 2. The molecule has 0 spiro atoms. The Kier molecular flexibility index (Phi) is 6.96. The molecule has 8 nitrogen and oxygen atoms in total. The first-order chi connectivity index (χ1) is 9.58. The normalized spacial score (nSPS) is 10.9. The molecule has 4 N–H and O–H groups in total.